The topological polar surface area (TPSA) is 63.1 Å². The zero-order valence-corrected chi connectivity index (χ0v) is 10.0. The average molecular weight is 264 g/mol. The molecule has 1 aromatic carbocycles. The van der Waals surface area contributed by atoms with Crippen LogP contribution in [0.2, 0.25) is 0 Å². The lowest BCUT2D eigenvalue weighted by atomic mass is 10.2. The molecular formula is C12H9FN2O2S. The molecule has 6 heteroatoms. The first-order chi connectivity index (χ1) is 8.66. The summed E-state index contributed by atoms with van der Waals surface area (Å²) in [5.41, 5.74) is -0.325. The van der Waals surface area contributed by atoms with Crippen LogP contribution in [0.4, 0.5) is 4.39 Å². The highest BCUT2D eigenvalue weighted by molar-refractivity contribution is 7.98. The van der Waals surface area contributed by atoms with Crippen molar-refractivity contribution in [2.24, 2.45) is 0 Å². The Morgan fingerprint density at radius 2 is 2.06 bits per heavy atom. The smallest absolute Gasteiger partial charge is 0.338 e. The molecule has 4 nitrogen and oxygen atoms in total. The van der Waals surface area contributed by atoms with E-state index in [9.17, 15) is 9.18 Å². The summed E-state index contributed by atoms with van der Waals surface area (Å²) in [6.07, 6.45) is 3.27. The monoisotopic (exact) mass is 264 g/mol. The van der Waals surface area contributed by atoms with Crippen molar-refractivity contribution >= 4 is 17.7 Å². The number of nitrogens with zero attached hydrogens (tertiary/aromatic N) is 2. The molecule has 0 aliphatic rings. The molecule has 0 aliphatic carbocycles. The third-order valence-corrected chi connectivity index (χ3v) is 3.15. The van der Waals surface area contributed by atoms with Crippen LogP contribution in [0.3, 0.4) is 0 Å². The van der Waals surface area contributed by atoms with Crippen molar-refractivity contribution in [3.05, 3.63) is 53.9 Å². The molecule has 1 heterocycles. The number of carboxylic acids is 1. The van der Waals surface area contributed by atoms with Gasteiger partial charge in [0.25, 0.3) is 0 Å². The zero-order valence-electron chi connectivity index (χ0n) is 9.21. The number of benzene rings is 1. The van der Waals surface area contributed by atoms with Gasteiger partial charge in [0.15, 0.2) is 0 Å². The van der Waals surface area contributed by atoms with Gasteiger partial charge in [-0.25, -0.2) is 19.2 Å². The Hall–Kier alpha value is -1.95. The number of aromatic nitrogens is 2. The number of carbonyl (C=O) groups is 1. The number of thioether (sulfide) groups is 1. The number of aromatic carboxylic acids is 1. The molecule has 0 amide bonds. The van der Waals surface area contributed by atoms with Gasteiger partial charge in [-0.05, 0) is 24.3 Å². The summed E-state index contributed by atoms with van der Waals surface area (Å²) in [5, 5.41) is 8.80. The van der Waals surface area contributed by atoms with E-state index in [1.54, 1.807) is 18.5 Å². The van der Waals surface area contributed by atoms with Gasteiger partial charge in [0.2, 0.25) is 0 Å². The summed E-state index contributed by atoms with van der Waals surface area (Å²) < 4.78 is 13.2. The minimum atomic E-state index is -1.27. The van der Waals surface area contributed by atoms with E-state index in [0.29, 0.717) is 16.5 Å². The van der Waals surface area contributed by atoms with E-state index in [-0.39, 0.29) is 5.56 Å². The summed E-state index contributed by atoms with van der Waals surface area (Å²) >= 11 is 1.36. The van der Waals surface area contributed by atoms with Crippen molar-refractivity contribution in [3.63, 3.8) is 0 Å². The van der Waals surface area contributed by atoms with E-state index in [1.165, 1.54) is 23.9 Å². The highest BCUT2D eigenvalue weighted by Crippen LogP contribution is 2.23. The van der Waals surface area contributed by atoms with Gasteiger partial charge in [-0.1, -0.05) is 0 Å². The first-order valence-electron chi connectivity index (χ1n) is 5.08. The van der Waals surface area contributed by atoms with Gasteiger partial charge in [0.05, 0.1) is 11.3 Å². The van der Waals surface area contributed by atoms with Crippen LogP contribution in [0.5, 0.6) is 0 Å². The summed E-state index contributed by atoms with van der Waals surface area (Å²) in [6, 6.07) is 5.72. The Morgan fingerprint density at radius 1 is 1.33 bits per heavy atom. The van der Waals surface area contributed by atoms with Gasteiger partial charge in [-0.15, -0.1) is 11.8 Å². The predicted octanol–water partition coefficient (Wildman–Crippen LogP) is 2.61. The molecule has 1 aromatic heterocycles. The van der Waals surface area contributed by atoms with Gasteiger partial charge in [-0.2, -0.15) is 0 Å². The maximum absolute atomic E-state index is 13.2. The van der Waals surface area contributed by atoms with E-state index in [0.717, 1.165) is 6.07 Å². The molecule has 0 fully saturated rings. The summed E-state index contributed by atoms with van der Waals surface area (Å²) in [4.78, 5) is 19.5. The van der Waals surface area contributed by atoms with Gasteiger partial charge in [-0.3, -0.25) is 0 Å². The Bertz CT molecular complexity index is 563. The average Bonchev–Trinajstić information content (AvgIpc) is 2.38. The second-order valence-corrected chi connectivity index (χ2v) is 4.45. The molecule has 2 aromatic rings. The van der Waals surface area contributed by atoms with Crippen molar-refractivity contribution in [1.82, 2.24) is 9.97 Å². The molecule has 0 radical (unpaired) electrons. The minimum absolute atomic E-state index is 0.325. The first kappa shape index (κ1) is 12.5. The third kappa shape index (κ3) is 3.04. The summed E-state index contributed by atoms with van der Waals surface area (Å²) in [6.45, 7) is 0. The van der Waals surface area contributed by atoms with E-state index < -0.39 is 11.8 Å². The van der Waals surface area contributed by atoms with E-state index in [4.69, 9.17) is 5.11 Å². The Kier molecular flexibility index (Phi) is 3.88. The fourth-order valence-electron chi connectivity index (χ4n) is 1.31. The van der Waals surface area contributed by atoms with Gasteiger partial charge in [0.1, 0.15) is 11.6 Å². The number of halogens is 1. The van der Waals surface area contributed by atoms with E-state index in [1.807, 2.05) is 0 Å². The molecule has 92 valence electrons. The molecule has 1 N–H and O–H groups in total. The van der Waals surface area contributed by atoms with Crippen LogP contribution in [-0.2, 0) is 5.75 Å². The fraction of sp³-hybridized carbons (Fsp3) is 0.0833. The molecule has 0 aliphatic heterocycles. The lowest BCUT2D eigenvalue weighted by molar-refractivity contribution is 0.0691. The molecule has 0 atom stereocenters. The van der Waals surface area contributed by atoms with Gasteiger partial charge in [0, 0.05) is 17.3 Å². The van der Waals surface area contributed by atoms with Crippen molar-refractivity contribution in [2.75, 3.05) is 0 Å². The summed E-state index contributed by atoms with van der Waals surface area (Å²) in [5.74, 6) is -0.858. The SMILES string of the molecule is O=C(O)c1cc(SCc2ncccn2)ccc1F. The minimum Gasteiger partial charge on any atom is -0.478 e. The Balaban J connectivity index is 2.11. The van der Waals surface area contributed by atoms with Crippen LogP contribution in [0.25, 0.3) is 0 Å². The largest absolute Gasteiger partial charge is 0.478 e. The fourth-order valence-corrected chi connectivity index (χ4v) is 2.12. The normalized spacial score (nSPS) is 10.3. The van der Waals surface area contributed by atoms with Crippen molar-refractivity contribution in [2.45, 2.75) is 10.6 Å². The zero-order chi connectivity index (χ0) is 13.0. The summed E-state index contributed by atoms with van der Waals surface area (Å²) in [7, 11) is 0. The van der Waals surface area contributed by atoms with Crippen LogP contribution in [0.1, 0.15) is 16.2 Å². The maximum atomic E-state index is 13.2. The predicted molar refractivity (Wildman–Crippen MR) is 65.0 cm³/mol. The third-order valence-electron chi connectivity index (χ3n) is 2.16. The molecule has 18 heavy (non-hydrogen) atoms. The molecule has 0 saturated carbocycles. The quantitative estimate of drug-likeness (QED) is 0.860. The Morgan fingerprint density at radius 3 is 2.72 bits per heavy atom. The molecule has 0 saturated heterocycles. The first-order valence-corrected chi connectivity index (χ1v) is 6.07. The van der Waals surface area contributed by atoms with Gasteiger partial charge >= 0.3 is 5.97 Å². The Labute approximate surface area is 107 Å². The van der Waals surface area contributed by atoms with Crippen molar-refractivity contribution < 1.29 is 14.3 Å². The van der Waals surface area contributed by atoms with Gasteiger partial charge < -0.3 is 5.11 Å². The molecule has 0 unspecified atom stereocenters. The molecule has 0 spiro atoms. The van der Waals surface area contributed by atoms with E-state index >= 15 is 0 Å². The standard InChI is InChI=1S/C12H9FN2O2S/c13-10-3-2-8(6-9(10)12(16)17)18-7-11-14-4-1-5-15-11/h1-6H,7H2,(H,16,17). The lowest BCUT2D eigenvalue weighted by Crippen LogP contribution is -2.00. The number of rotatable bonds is 4. The maximum Gasteiger partial charge on any atom is 0.338 e. The number of carboxylic acid groups (broad SMARTS) is 1. The van der Waals surface area contributed by atoms with Crippen LogP contribution < -0.4 is 0 Å². The number of hydrogen-bond acceptors (Lipinski definition) is 4. The van der Waals surface area contributed by atoms with Crippen LogP contribution >= 0.6 is 11.8 Å². The van der Waals surface area contributed by atoms with Crippen LogP contribution in [-0.4, -0.2) is 21.0 Å². The second kappa shape index (κ2) is 5.59. The van der Waals surface area contributed by atoms with Crippen molar-refractivity contribution in [1.29, 1.82) is 0 Å². The molecule has 0 bridgehead atoms. The molecular weight excluding hydrogens is 255 g/mol. The van der Waals surface area contributed by atoms with Crippen molar-refractivity contribution in [3.8, 4) is 0 Å². The molecule has 2 rings (SSSR count). The number of hydrogen-bond donors (Lipinski definition) is 1. The highest BCUT2D eigenvalue weighted by atomic mass is 32.2. The second-order valence-electron chi connectivity index (χ2n) is 3.40. The van der Waals surface area contributed by atoms with Crippen LogP contribution in [0.15, 0.2) is 41.6 Å². The van der Waals surface area contributed by atoms with Crippen LogP contribution in [0, 0.1) is 5.82 Å². The highest BCUT2D eigenvalue weighted by Gasteiger charge is 2.11. The lowest BCUT2D eigenvalue weighted by Gasteiger charge is -2.03. The van der Waals surface area contributed by atoms with E-state index in [2.05, 4.69) is 9.97 Å².